The van der Waals surface area contributed by atoms with E-state index in [1.807, 2.05) is 31.2 Å². The van der Waals surface area contributed by atoms with Gasteiger partial charge in [-0.1, -0.05) is 32.0 Å². The van der Waals surface area contributed by atoms with Crippen LogP contribution in [0.25, 0.3) is 10.9 Å². The highest BCUT2D eigenvalue weighted by atomic mass is 32.2. The molecule has 1 aliphatic rings. The molecule has 1 saturated heterocycles. The third-order valence-electron chi connectivity index (χ3n) is 5.62. The van der Waals surface area contributed by atoms with Crippen molar-refractivity contribution in [2.24, 2.45) is 11.8 Å². The van der Waals surface area contributed by atoms with Gasteiger partial charge in [-0.2, -0.15) is 0 Å². The summed E-state index contributed by atoms with van der Waals surface area (Å²) >= 11 is 0. The fraction of sp³-hybridized carbons (Fsp3) is 0.375. The number of pyridine rings is 1. The Morgan fingerprint density at radius 1 is 1.07 bits per heavy atom. The van der Waals surface area contributed by atoms with E-state index in [2.05, 4.69) is 23.7 Å². The Morgan fingerprint density at radius 3 is 2.43 bits per heavy atom. The maximum absolute atomic E-state index is 13.6. The number of nitrogens with zero attached hydrogens (tertiary/aromatic N) is 2. The predicted molar refractivity (Wildman–Crippen MR) is 120 cm³/mol. The highest BCUT2D eigenvalue weighted by molar-refractivity contribution is 7.91. The molecule has 0 bridgehead atoms. The van der Waals surface area contributed by atoms with Gasteiger partial charge in [-0.25, -0.2) is 8.42 Å². The van der Waals surface area contributed by atoms with E-state index in [4.69, 9.17) is 4.74 Å². The van der Waals surface area contributed by atoms with Crippen molar-refractivity contribution in [2.45, 2.75) is 37.0 Å². The molecular weight excluding hydrogens is 396 g/mol. The lowest BCUT2D eigenvalue weighted by atomic mass is 9.91. The van der Waals surface area contributed by atoms with Crippen LogP contribution in [0.5, 0.6) is 5.75 Å². The summed E-state index contributed by atoms with van der Waals surface area (Å²) in [7, 11) is -3.72. The van der Waals surface area contributed by atoms with Crippen LogP contribution in [0.4, 0.5) is 5.69 Å². The molecule has 2 aromatic carbocycles. The summed E-state index contributed by atoms with van der Waals surface area (Å²) in [5.41, 5.74) is 1.51. The molecule has 2 atom stereocenters. The summed E-state index contributed by atoms with van der Waals surface area (Å²) in [6.45, 7) is 8.58. The highest BCUT2D eigenvalue weighted by Gasteiger charge is 2.30. The number of hydrogen-bond acceptors (Lipinski definition) is 5. The van der Waals surface area contributed by atoms with Crippen LogP contribution in [0.3, 0.4) is 0 Å². The Hall–Kier alpha value is -2.60. The molecule has 5 nitrogen and oxygen atoms in total. The van der Waals surface area contributed by atoms with E-state index in [0.29, 0.717) is 18.4 Å². The second-order valence-corrected chi connectivity index (χ2v) is 10.2. The highest BCUT2D eigenvalue weighted by Crippen LogP contribution is 2.39. The van der Waals surface area contributed by atoms with Crippen LogP contribution >= 0.6 is 0 Å². The summed E-state index contributed by atoms with van der Waals surface area (Å²) in [5.74, 6) is 1.69. The van der Waals surface area contributed by atoms with Gasteiger partial charge in [0.05, 0.1) is 22.7 Å². The molecule has 3 aromatic rings. The summed E-state index contributed by atoms with van der Waals surface area (Å²) < 4.78 is 32.9. The number of aromatic nitrogens is 1. The van der Waals surface area contributed by atoms with Crippen molar-refractivity contribution in [2.75, 3.05) is 24.6 Å². The molecule has 2 heterocycles. The first-order chi connectivity index (χ1) is 14.4. The Bertz CT molecular complexity index is 1140. The van der Waals surface area contributed by atoms with Gasteiger partial charge in [0.15, 0.2) is 0 Å². The van der Waals surface area contributed by atoms with Crippen molar-refractivity contribution < 1.29 is 13.2 Å². The normalized spacial score (nSPS) is 19.8. The van der Waals surface area contributed by atoms with Crippen LogP contribution in [0.15, 0.2) is 64.5 Å². The first-order valence-corrected chi connectivity index (χ1v) is 12.0. The van der Waals surface area contributed by atoms with E-state index >= 15 is 0 Å². The Morgan fingerprint density at radius 2 is 1.77 bits per heavy atom. The number of anilines is 1. The van der Waals surface area contributed by atoms with E-state index in [-0.39, 0.29) is 9.79 Å². The maximum Gasteiger partial charge on any atom is 0.210 e. The minimum Gasteiger partial charge on any atom is -0.494 e. The first-order valence-electron chi connectivity index (χ1n) is 10.5. The van der Waals surface area contributed by atoms with Crippen molar-refractivity contribution in [3.63, 3.8) is 0 Å². The molecular formula is C24H28N2O3S. The van der Waals surface area contributed by atoms with Gasteiger partial charge in [-0.3, -0.25) is 4.98 Å². The summed E-state index contributed by atoms with van der Waals surface area (Å²) in [4.78, 5) is 7.28. The number of benzene rings is 2. The second kappa shape index (κ2) is 8.26. The standard InChI is InChI=1S/C24H28N2O3S/c1-4-29-19-10-11-22-21(13-19)24(26-15-17(2)12-18(3)16-26)23(14-25-22)30(27,28)20-8-6-5-7-9-20/h5-11,13-14,17-18H,4,12,15-16H2,1-3H3. The fourth-order valence-corrected chi connectivity index (χ4v) is 5.95. The molecule has 1 fully saturated rings. The first kappa shape index (κ1) is 20.7. The van der Waals surface area contributed by atoms with Crippen molar-refractivity contribution in [3.8, 4) is 5.75 Å². The van der Waals surface area contributed by atoms with Crippen molar-refractivity contribution in [3.05, 3.63) is 54.7 Å². The van der Waals surface area contributed by atoms with Gasteiger partial charge in [0, 0.05) is 24.7 Å². The monoisotopic (exact) mass is 424 g/mol. The maximum atomic E-state index is 13.6. The second-order valence-electron chi connectivity index (χ2n) is 8.25. The molecule has 0 amide bonds. The lowest BCUT2D eigenvalue weighted by Crippen LogP contribution is -2.39. The van der Waals surface area contributed by atoms with Gasteiger partial charge in [0.2, 0.25) is 9.84 Å². The van der Waals surface area contributed by atoms with Gasteiger partial charge in [-0.15, -0.1) is 0 Å². The molecule has 0 spiro atoms. The molecule has 2 unspecified atom stereocenters. The number of sulfone groups is 1. The number of ether oxygens (including phenoxy) is 1. The molecule has 6 heteroatoms. The number of rotatable bonds is 5. The summed E-state index contributed by atoms with van der Waals surface area (Å²) in [6.07, 6.45) is 2.66. The zero-order chi connectivity index (χ0) is 21.3. The molecule has 1 aliphatic heterocycles. The SMILES string of the molecule is CCOc1ccc2ncc(S(=O)(=O)c3ccccc3)c(N3CC(C)CC(C)C3)c2c1. The third kappa shape index (κ3) is 3.88. The molecule has 158 valence electrons. The van der Waals surface area contributed by atoms with E-state index in [1.165, 1.54) is 6.20 Å². The van der Waals surface area contributed by atoms with Gasteiger partial charge in [-0.05, 0) is 55.5 Å². The Kier molecular flexibility index (Phi) is 5.69. The number of hydrogen-bond donors (Lipinski definition) is 0. The zero-order valence-corrected chi connectivity index (χ0v) is 18.5. The minimum atomic E-state index is -3.72. The van der Waals surface area contributed by atoms with Gasteiger partial charge >= 0.3 is 0 Å². The van der Waals surface area contributed by atoms with Crippen LogP contribution in [0, 0.1) is 11.8 Å². The molecule has 0 saturated carbocycles. The number of fused-ring (bicyclic) bond motifs is 1. The Balaban J connectivity index is 1.98. The van der Waals surface area contributed by atoms with E-state index in [1.54, 1.807) is 24.3 Å². The molecule has 4 rings (SSSR count). The third-order valence-corrected chi connectivity index (χ3v) is 7.39. The lowest BCUT2D eigenvalue weighted by molar-refractivity contribution is 0.340. The van der Waals surface area contributed by atoms with Crippen LogP contribution in [0.2, 0.25) is 0 Å². The predicted octanol–water partition coefficient (Wildman–Crippen LogP) is 4.95. The van der Waals surface area contributed by atoms with Crippen LogP contribution in [-0.2, 0) is 9.84 Å². The fourth-order valence-electron chi connectivity index (χ4n) is 4.49. The average molecular weight is 425 g/mol. The molecule has 30 heavy (non-hydrogen) atoms. The molecule has 0 N–H and O–H groups in total. The smallest absolute Gasteiger partial charge is 0.210 e. The van der Waals surface area contributed by atoms with E-state index < -0.39 is 9.84 Å². The molecule has 0 radical (unpaired) electrons. The van der Waals surface area contributed by atoms with Gasteiger partial charge in [0.25, 0.3) is 0 Å². The lowest BCUT2D eigenvalue weighted by Gasteiger charge is -2.38. The van der Waals surface area contributed by atoms with Gasteiger partial charge in [0.1, 0.15) is 10.6 Å². The van der Waals surface area contributed by atoms with Crippen LogP contribution in [0.1, 0.15) is 27.2 Å². The van der Waals surface area contributed by atoms with E-state index in [0.717, 1.165) is 41.9 Å². The van der Waals surface area contributed by atoms with Crippen molar-refractivity contribution >= 4 is 26.4 Å². The average Bonchev–Trinajstić information content (AvgIpc) is 2.73. The topological polar surface area (TPSA) is 59.5 Å². The summed E-state index contributed by atoms with van der Waals surface area (Å²) in [5, 5.41) is 0.819. The van der Waals surface area contributed by atoms with E-state index in [9.17, 15) is 8.42 Å². The minimum absolute atomic E-state index is 0.260. The quantitative estimate of drug-likeness (QED) is 0.580. The molecule has 0 aliphatic carbocycles. The largest absolute Gasteiger partial charge is 0.494 e. The van der Waals surface area contributed by atoms with Gasteiger partial charge < -0.3 is 9.64 Å². The molecule has 1 aromatic heterocycles. The Labute approximate surface area is 178 Å². The van der Waals surface area contributed by atoms with Crippen LogP contribution in [-0.4, -0.2) is 33.1 Å². The zero-order valence-electron chi connectivity index (χ0n) is 17.7. The van der Waals surface area contributed by atoms with Crippen molar-refractivity contribution in [1.82, 2.24) is 4.98 Å². The summed E-state index contributed by atoms with van der Waals surface area (Å²) in [6, 6.07) is 14.3. The number of piperidine rings is 1. The van der Waals surface area contributed by atoms with Crippen LogP contribution < -0.4 is 9.64 Å². The van der Waals surface area contributed by atoms with Crippen molar-refractivity contribution in [1.29, 1.82) is 0 Å².